The fourth-order valence-electron chi connectivity index (χ4n) is 1.76. The lowest BCUT2D eigenvalue weighted by atomic mass is 10.2. The highest BCUT2D eigenvalue weighted by atomic mass is 32.1. The minimum absolute atomic E-state index is 0.145. The van der Waals surface area contributed by atoms with Crippen molar-refractivity contribution in [1.82, 2.24) is 4.98 Å². The van der Waals surface area contributed by atoms with Gasteiger partial charge in [0, 0.05) is 18.3 Å². The Morgan fingerprint density at radius 1 is 1.61 bits per heavy atom. The third kappa shape index (κ3) is 4.64. The van der Waals surface area contributed by atoms with Crippen molar-refractivity contribution < 1.29 is 9.53 Å². The smallest absolute Gasteiger partial charge is 0.306 e. The summed E-state index contributed by atoms with van der Waals surface area (Å²) >= 11 is 1.61. The number of hydrogen-bond donors (Lipinski definition) is 1. The van der Waals surface area contributed by atoms with E-state index in [0.29, 0.717) is 19.4 Å². The Morgan fingerprint density at radius 2 is 2.44 bits per heavy atom. The maximum absolute atomic E-state index is 11.2. The third-order valence-corrected chi connectivity index (χ3v) is 3.82. The standard InChI is InChI=1S/C13H20N2O2S/c1-2-17-12(16)6-5-11-9-18-13(15-11)14-8-7-10-3-4-10/h9-10H,2-8H2,1H3,(H,14,15). The van der Waals surface area contributed by atoms with Crippen LogP contribution in [0.15, 0.2) is 5.38 Å². The van der Waals surface area contributed by atoms with Crippen LogP contribution in [0.1, 0.15) is 38.3 Å². The first kappa shape index (κ1) is 13.3. The fraction of sp³-hybridized carbons (Fsp3) is 0.692. The maximum Gasteiger partial charge on any atom is 0.306 e. The van der Waals surface area contributed by atoms with Gasteiger partial charge in [-0.1, -0.05) is 12.8 Å². The van der Waals surface area contributed by atoms with Gasteiger partial charge in [0.15, 0.2) is 5.13 Å². The van der Waals surface area contributed by atoms with Crippen LogP contribution in [0.4, 0.5) is 5.13 Å². The van der Waals surface area contributed by atoms with Crippen molar-refractivity contribution in [3.8, 4) is 0 Å². The average Bonchev–Trinajstić information content (AvgIpc) is 3.06. The highest BCUT2D eigenvalue weighted by Gasteiger charge is 2.20. The lowest BCUT2D eigenvalue weighted by Gasteiger charge is -2.01. The third-order valence-electron chi connectivity index (χ3n) is 2.97. The van der Waals surface area contributed by atoms with Crippen LogP contribution < -0.4 is 5.32 Å². The SMILES string of the molecule is CCOC(=O)CCc1csc(NCCC2CC2)n1. The van der Waals surface area contributed by atoms with Crippen molar-refractivity contribution in [3.63, 3.8) is 0 Å². The van der Waals surface area contributed by atoms with Gasteiger partial charge in [0.1, 0.15) is 0 Å². The van der Waals surface area contributed by atoms with E-state index in [2.05, 4.69) is 10.3 Å². The number of nitrogens with one attached hydrogen (secondary N) is 1. The van der Waals surface area contributed by atoms with Crippen LogP contribution in [0.25, 0.3) is 0 Å². The van der Waals surface area contributed by atoms with E-state index < -0.39 is 0 Å². The molecule has 5 heteroatoms. The molecule has 0 bridgehead atoms. The van der Waals surface area contributed by atoms with Gasteiger partial charge < -0.3 is 10.1 Å². The first-order valence-electron chi connectivity index (χ1n) is 6.62. The van der Waals surface area contributed by atoms with Crippen LogP contribution in [-0.2, 0) is 16.0 Å². The van der Waals surface area contributed by atoms with Crippen LogP contribution in [0.2, 0.25) is 0 Å². The van der Waals surface area contributed by atoms with Crippen molar-refractivity contribution in [1.29, 1.82) is 0 Å². The van der Waals surface area contributed by atoms with Crippen molar-refractivity contribution in [2.75, 3.05) is 18.5 Å². The molecule has 1 aliphatic rings. The van der Waals surface area contributed by atoms with Gasteiger partial charge >= 0.3 is 5.97 Å². The molecule has 1 saturated carbocycles. The number of ether oxygens (including phenoxy) is 1. The lowest BCUT2D eigenvalue weighted by molar-refractivity contribution is -0.143. The monoisotopic (exact) mass is 268 g/mol. The molecule has 0 aliphatic heterocycles. The molecule has 0 atom stereocenters. The number of aryl methyl sites for hydroxylation is 1. The molecular weight excluding hydrogens is 248 g/mol. The average molecular weight is 268 g/mol. The molecule has 0 radical (unpaired) electrons. The lowest BCUT2D eigenvalue weighted by Crippen LogP contribution is -2.05. The van der Waals surface area contributed by atoms with Crippen molar-refractivity contribution >= 4 is 22.4 Å². The van der Waals surface area contributed by atoms with E-state index >= 15 is 0 Å². The molecule has 0 amide bonds. The maximum atomic E-state index is 11.2. The van der Waals surface area contributed by atoms with Gasteiger partial charge in [0.25, 0.3) is 0 Å². The highest BCUT2D eigenvalue weighted by Crippen LogP contribution is 2.32. The summed E-state index contributed by atoms with van der Waals surface area (Å²) in [5.41, 5.74) is 0.974. The first-order chi connectivity index (χ1) is 8.78. The molecule has 0 aromatic carbocycles. The molecular formula is C13H20N2O2S. The fourth-order valence-corrected chi connectivity index (χ4v) is 2.53. The molecule has 0 saturated heterocycles. The van der Waals surface area contributed by atoms with E-state index in [0.717, 1.165) is 23.3 Å². The second-order valence-corrected chi connectivity index (χ2v) is 5.47. The Morgan fingerprint density at radius 3 is 3.17 bits per heavy atom. The highest BCUT2D eigenvalue weighted by molar-refractivity contribution is 7.13. The van der Waals surface area contributed by atoms with E-state index in [1.807, 2.05) is 12.3 Å². The Labute approximate surface area is 112 Å². The molecule has 4 nitrogen and oxygen atoms in total. The van der Waals surface area contributed by atoms with Gasteiger partial charge in [0.05, 0.1) is 18.7 Å². The number of esters is 1. The van der Waals surface area contributed by atoms with Crippen molar-refractivity contribution in [3.05, 3.63) is 11.1 Å². The van der Waals surface area contributed by atoms with E-state index in [9.17, 15) is 4.79 Å². The predicted molar refractivity (Wildman–Crippen MR) is 72.9 cm³/mol. The summed E-state index contributed by atoms with van der Waals surface area (Å²) in [5, 5.41) is 6.32. The van der Waals surface area contributed by atoms with Gasteiger partial charge in [-0.3, -0.25) is 4.79 Å². The number of thiazole rings is 1. The summed E-state index contributed by atoms with van der Waals surface area (Å²) in [4.78, 5) is 15.7. The molecule has 1 fully saturated rings. The van der Waals surface area contributed by atoms with Crippen LogP contribution in [0.5, 0.6) is 0 Å². The van der Waals surface area contributed by atoms with Crippen LogP contribution in [-0.4, -0.2) is 24.1 Å². The Kier molecular flexibility index (Phi) is 4.99. The summed E-state index contributed by atoms with van der Waals surface area (Å²) in [7, 11) is 0. The summed E-state index contributed by atoms with van der Waals surface area (Å²) in [5.74, 6) is 0.800. The number of nitrogens with zero attached hydrogens (tertiary/aromatic N) is 1. The number of aromatic nitrogens is 1. The predicted octanol–water partition coefficient (Wildman–Crippen LogP) is 2.85. The molecule has 0 unspecified atom stereocenters. The van der Waals surface area contributed by atoms with Crippen LogP contribution >= 0.6 is 11.3 Å². The Bertz CT molecular complexity index is 388. The zero-order chi connectivity index (χ0) is 12.8. The van der Waals surface area contributed by atoms with E-state index in [1.165, 1.54) is 19.3 Å². The number of anilines is 1. The zero-order valence-corrected chi connectivity index (χ0v) is 11.6. The minimum atomic E-state index is -0.145. The molecule has 18 heavy (non-hydrogen) atoms. The molecule has 0 spiro atoms. The number of hydrogen-bond acceptors (Lipinski definition) is 5. The van der Waals surface area contributed by atoms with Crippen molar-refractivity contribution in [2.45, 2.75) is 39.0 Å². The molecule has 1 aliphatic carbocycles. The normalized spacial score (nSPS) is 14.5. The topological polar surface area (TPSA) is 51.2 Å². The second-order valence-electron chi connectivity index (χ2n) is 4.61. The number of carbonyl (C=O) groups excluding carboxylic acids is 1. The van der Waals surface area contributed by atoms with Crippen molar-refractivity contribution in [2.24, 2.45) is 5.92 Å². The van der Waals surface area contributed by atoms with Gasteiger partial charge in [-0.25, -0.2) is 4.98 Å². The number of carbonyl (C=O) groups is 1. The zero-order valence-electron chi connectivity index (χ0n) is 10.8. The second kappa shape index (κ2) is 6.73. The molecule has 1 heterocycles. The Hall–Kier alpha value is -1.10. The summed E-state index contributed by atoms with van der Waals surface area (Å²) < 4.78 is 4.89. The van der Waals surface area contributed by atoms with Gasteiger partial charge in [-0.15, -0.1) is 11.3 Å². The number of rotatable bonds is 8. The van der Waals surface area contributed by atoms with Gasteiger partial charge in [-0.05, 0) is 19.3 Å². The molecule has 1 aromatic heterocycles. The molecule has 1 N–H and O–H groups in total. The molecule has 2 rings (SSSR count). The summed E-state index contributed by atoms with van der Waals surface area (Å²) in [6.45, 7) is 3.28. The largest absolute Gasteiger partial charge is 0.466 e. The van der Waals surface area contributed by atoms with Crippen LogP contribution in [0, 0.1) is 5.92 Å². The van der Waals surface area contributed by atoms with E-state index in [4.69, 9.17) is 4.74 Å². The first-order valence-corrected chi connectivity index (χ1v) is 7.49. The molecule has 1 aromatic rings. The quantitative estimate of drug-likeness (QED) is 0.737. The minimum Gasteiger partial charge on any atom is -0.466 e. The van der Waals surface area contributed by atoms with Crippen LogP contribution in [0.3, 0.4) is 0 Å². The van der Waals surface area contributed by atoms with E-state index in [-0.39, 0.29) is 5.97 Å². The van der Waals surface area contributed by atoms with E-state index in [1.54, 1.807) is 11.3 Å². The molecule has 100 valence electrons. The summed E-state index contributed by atoms with van der Waals surface area (Å²) in [6, 6.07) is 0. The Balaban J connectivity index is 1.66. The van der Waals surface area contributed by atoms with Gasteiger partial charge in [0.2, 0.25) is 0 Å². The van der Waals surface area contributed by atoms with Gasteiger partial charge in [-0.2, -0.15) is 0 Å². The summed E-state index contributed by atoms with van der Waals surface area (Å²) in [6.07, 6.45) is 5.12.